The third kappa shape index (κ3) is 4.71. The first-order valence-corrected chi connectivity index (χ1v) is 9.71. The lowest BCUT2D eigenvalue weighted by atomic mass is 10.1. The number of allylic oxidation sites excluding steroid dienone is 1. The number of aromatic nitrogens is 1. The summed E-state index contributed by atoms with van der Waals surface area (Å²) in [5.74, 6) is -3.07. The van der Waals surface area contributed by atoms with Gasteiger partial charge in [0.1, 0.15) is 5.69 Å². The minimum Gasteiger partial charge on any atom is -0.493 e. The maximum Gasteiger partial charge on any atom is 0.329 e. The number of alkyl halides is 2. The van der Waals surface area contributed by atoms with Gasteiger partial charge >= 0.3 is 6.03 Å². The molecule has 0 saturated heterocycles. The topological polar surface area (TPSA) is 66.9 Å². The number of pyridine rings is 1. The second kappa shape index (κ2) is 9.80. The predicted molar refractivity (Wildman–Crippen MR) is 115 cm³/mol. The number of methoxy groups -OCH3 is 2. The van der Waals surface area contributed by atoms with E-state index in [2.05, 4.69) is 23.5 Å². The molecule has 7 nitrogen and oxygen atoms in total. The lowest BCUT2D eigenvalue weighted by Gasteiger charge is -2.37. The number of anilines is 2. The summed E-state index contributed by atoms with van der Waals surface area (Å²) in [6.45, 7) is 6.19. The van der Waals surface area contributed by atoms with E-state index in [0.29, 0.717) is 17.0 Å². The van der Waals surface area contributed by atoms with Crippen molar-refractivity contribution >= 4 is 17.4 Å². The van der Waals surface area contributed by atoms with E-state index < -0.39 is 36.3 Å². The van der Waals surface area contributed by atoms with Crippen LogP contribution in [0.3, 0.4) is 0 Å². The van der Waals surface area contributed by atoms with E-state index in [0.717, 1.165) is 30.1 Å². The zero-order chi connectivity index (χ0) is 24.3. The van der Waals surface area contributed by atoms with Gasteiger partial charge in [0, 0.05) is 23.5 Å². The number of halogens is 4. The van der Waals surface area contributed by atoms with Gasteiger partial charge in [-0.05, 0) is 12.1 Å². The zero-order valence-corrected chi connectivity index (χ0v) is 18.0. The van der Waals surface area contributed by atoms with Crippen LogP contribution in [0.25, 0.3) is 0 Å². The Balaban J connectivity index is 2.09. The maximum absolute atomic E-state index is 15.0. The number of urea groups is 1. The van der Waals surface area contributed by atoms with Gasteiger partial charge in [-0.1, -0.05) is 13.2 Å². The summed E-state index contributed by atoms with van der Waals surface area (Å²) in [4.78, 5) is 18.9. The molecule has 2 amide bonds. The fourth-order valence-electron chi connectivity index (χ4n) is 3.35. The molecular weight excluding hydrogens is 444 g/mol. The van der Waals surface area contributed by atoms with E-state index in [1.165, 1.54) is 18.3 Å². The highest BCUT2D eigenvalue weighted by atomic mass is 19.3. The summed E-state index contributed by atoms with van der Waals surface area (Å²) in [6, 6.07) is 1.43. The first-order chi connectivity index (χ1) is 15.7. The SMILES string of the molecule is C=CC(=C)NCc1cc2c(cn1)CN(c1c(F)c(OC)cc(OC)c1F)C(=O)N2CC(F)F. The van der Waals surface area contributed by atoms with E-state index >= 15 is 8.78 Å². The van der Waals surface area contributed by atoms with Crippen molar-refractivity contribution in [3.63, 3.8) is 0 Å². The van der Waals surface area contributed by atoms with Crippen molar-refractivity contribution in [2.45, 2.75) is 19.5 Å². The van der Waals surface area contributed by atoms with Crippen LogP contribution in [0.4, 0.5) is 33.7 Å². The smallest absolute Gasteiger partial charge is 0.329 e. The molecule has 176 valence electrons. The Morgan fingerprint density at radius 1 is 1.24 bits per heavy atom. The Hall–Kier alpha value is -3.76. The van der Waals surface area contributed by atoms with Gasteiger partial charge in [-0.2, -0.15) is 0 Å². The molecule has 0 saturated carbocycles. The van der Waals surface area contributed by atoms with Crippen LogP contribution < -0.4 is 24.6 Å². The predicted octanol–water partition coefficient (Wildman–Crippen LogP) is 4.38. The molecule has 0 spiro atoms. The van der Waals surface area contributed by atoms with Crippen LogP contribution in [0, 0.1) is 11.6 Å². The van der Waals surface area contributed by atoms with E-state index in [1.807, 2.05) is 0 Å². The number of amides is 2. The number of ether oxygens (including phenoxy) is 2. The molecule has 1 aliphatic heterocycles. The first-order valence-electron chi connectivity index (χ1n) is 9.71. The number of nitrogens with zero attached hydrogens (tertiary/aromatic N) is 3. The number of rotatable bonds is 9. The quantitative estimate of drug-likeness (QED) is 0.439. The fraction of sp³-hybridized carbons (Fsp3) is 0.273. The Kier molecular flexibility index (Phi) is 7.10. The van der Waals surface area contributed by atoms with Crippen LogP contribution in [0.5, 0.6) is 11.5 Å². The average molecular weight is 466 g/mol. The number of fused-ring (bicyclic) bond motifs is 1. The molecule has 0 radical (unpaired) electrons. The third-order valence-electron chi connectivity index (χ3n) is 4.98. The first kappa shape index (κ1) is 23.9. The highest BCUT2D eigenvalue weighted by Gasteiger charge is 2.37. The van der Waals surface area contributed by atoms with Crippen LogP contribution in [0.2, 0.25) is 0 Å². The Labute approximate surface area is 187 Å². The number of carbonyl (C=O) groups excluding carboxylic acids is 1. The molecule has 0 unspecified atom stereocenters. The molecular formula is C22H22F4N4O3. The van der Waals surface area contributed by atoms with Crippen molar-refractivity contribution in [2.75, 3.05) is 30.6 Å². The Morgan fingerprint density at radius 3 is 2.42 bits per heavy atom. The van der Waals surface area contributed by atoms with Gasteiger partial charge in [-0.25, -0.2) is 22.4 Å². The largest absolute Gasteiger partial charge is 0.493 e. The average Bonchev–Trinajstić information content (AvgIpc) is 2.80. The number of nitrogens with one attached hydrogen (secondary N) is 1. The highest BCUT2D eigenvalue weighted by molar-refractivity contribution is 6.06. The number of benzene rings is 1. The van der Waals surface area contributed by atoms with Crippen molar-refractivity contribution < 1.29 is 31.8 Å². The molecule has 1 aromatic heterocycles. The monoisotopic (exact) mass is 466 g/mol. The molecule has 3 rings (SSSR count). The standard InChI is InChI=1S/C22H22F4N4O3/c1-5-12(2)27-9-14-6-15-13(8-28-14)10-30(22(31)29(15)11-18(23)24)21-19(25)16(32-3)7-17(33-4)20(21)26/h5-8,18,27H,1-2,9-11H2,3-4H3. The minimum absolute atomic E-state index is 0.170. The third-order valence-corrected chi connectivity index (χ3v) is 4.98. The number of carbonyl (C=O) groups is 1. The molecule has 2 heterocycles. The van der Waals surface area contributed by atoms with E-state index in [-0.39, 0.29) is 30.3 Å². The molecule has 0 bridgehead atoms. The van der Waals surface area contributed by atoms with Gasteiger partial charge in [0.25, 0.3) is 6.43 Å². The summed E-state index contributed by atoms with van der Waals surface area (Å²) >= 11 is 0. The lowest BCUT2D eigenvalue weighted by Crippen LogP contribution is -2.49. The lowest BCUT2D eigenvalue weighted by molar-refractivity contribution is 0.154. The Morgan fingerprint density at radius 2 is 1.88 bits per heavy atom. The normalized spacial score (nSPS) is 13.1. The van der Waals surface area contributed by atoms with Crippen molar-refractivity contribution in [1.29, 1.82) is 0 Å². The molecule has 0 aliphatic carbocycles. The van der Waals surface area contributed by atoms with Crippen molar-refractivity contribution in [3.8, 4) is 11.5 Å². The van der Waals surface area contributed by atoms with Crippen LogP contribution >= 0.6 is 0 Å². The van der Waals surface area contributed by atoms with Crippen LogP contribution in [-0.4, -0.2) is 38.2 Å². The van der Waals surface area contributed by atoms with Crippen molar-refractivity contribution in [1.82, 2.24) is 10.3 Å². The van der Waals surface area contributed by atoms with Gasteiger partial charge in [0.2, 0.25) is 0 Å². The highest BCUT2D eigenvalue weighted by Crippen LogP contribution is 2.41. The molecule has 0 fully saturated rings. The molecule has 1 N–H and O–H groups in total. The molecule has 1 aromatic carbocycles. The number of hydrogen-bond acceptors (Lipinski definition) is 5. The summed E-state index contributed by atoms with van der Waals surface area (Å²) in [5, 5.41) is 2.93. The van der Waals surface area contributed by atoms with Gasteiger partial charge < -0.3 is 14.8 Å². The molecule has 0 atom stereocenters. The van der Waals surface area contributed by atoms with Crippen LogP contribution in [0.15, 0.2) is 43.3 Å². The van der Waals surface area contributed by atoms with E-state index in [1.54, 1.807) is 0 Å². The molecule has 33 heavy (non-hydrogen) atoms. The second-order valence-corrected chi connectivity index (χ2v) is 7.02. The summed E-state index contributed by atoms with van der Waals surface area (Å²) in [5.41, 5.74) is 0.691. The van der Waals surface area contributed by atoms with Gasteiger partial charge in [-0.3, -0.25) is 14.8 Å². The van der Waals surface area contributed by atoms with Crippen molar-refractivity contribution in [3.05, 3.63) is 66.2 Å². The minimum atomic E-state index is -2.90. The second-order valence-electron chi connectivity index (χ2n) is 7.02. The molecule has 1 aliphatic rings. The summed E-state index contributed by atoms with van der Waals surface area (Å²) < 4.78 is 66.6. The maximum atomic E-state index is 15.0. The van der Waals surface area contributed by atoms with E-state index in [4.69, 9.17) is 9.47 Å². The van der Waals surface area contributed by atoms with Crippen LogP contribution in [0.1, 0.15) is 11.3 Å². The van der Waals surface area contributed by atoms with Crippen LogP contribution in [-0.2, 0) is 13.1 Å². The van der Waals surface area contributed by atoms with E-state index in [9.17, 15) is 13.6 Å². The van der Waals surface area contributed by atoms with Crippen molar-refractivity contribution in [2.24, 2.45) is 0 Å². The fourth-order valence-corrected chi connectivity index (χ4v) is 3.35. The van der Waals surface area contributed by atoms with Gasteiger partial charge in [0.05, 0.1) is 45.2 Å². The molecule has 11 heteroatoms. The summed E-state index contributed by atoms with van der Waals surface area (Å²) in [6.07, 6.45) is -0.0330. The number of hydrogen-bond donors (Lipinski definition) is 1. The van der Waals surface area contributed by atoms with Gasteiger partial charge in [-0.15, -0.1) is 0 Å². The molecule has 2 aromatic rings. The van der Waals surface area contributed by atoms with Gasteiger partial charge in [0.15, 0.2) is 23.1 Å². The zero-order valence-electron chi connectivity index (χ0n) is 18.0. The summed E-state index contributed by atoms with van der Waals surface area (Å²) in [7, 11) is 2.33. The Bertz CT molecular complexity index is 1070.